The summed E-state index contributed by atoms with van der Waals surface area (Å²) in [6.07, 6.45) is 2.77. The standard InChI is InChI=1S/C16H23FN2O/c1-18(2)12-13-6-5-10-19(13)11-9-16(20)14-7-3-4-8-15(14)17/h3-4,7-8,13H,5-6,9-12H2,1-2H3. The average Bonchev–Trinajstić information content (AvgIpc) is 2.83. The Bertz CT molecular complexity index is 462. The van der Waals surface area contributed by atoms with Crippen LogP contribution in [0.15, 0.2) is 24.3 Å². The lowest BCUT2D eigenvalue weighted by Crippen LogP contribution is -2.38. The molecule has 2 rings (SSSR count). The molecular formula is C16H23FN2O. The van der Waals surface area contributed by atoms with Gasteiger partial charge in [0.15, 0.2) is 5.78 Å². The third-order valence-electron chi connectivity index (χ3n) is 3.88. The molecule has 0 bridgehead atoms. The van der Waals surface area contributed by atoms with E-state index in [4.69, 9.17) is 0 Å². The van der Waals surface area contributed by atoms with Crippen molar-refractivity contribution < 1.29 is 9.18 Å². The van der Waals surface area contributed by atoms with Gasteiger partial charge in [-0.15, -0.1) is 0 Å². The molecule has 4 heteroatoms. The van der Waals surface area contributed by atoms with Crippen molar-refractivity contribution in [1.82, 2.24) is 9.80 Å². The molecule has 1 unspecified atom stereocenters. The van der Waals surface area contributed by atoms with Crippen LogP contribution in [-0.2, 0) is 0 Å². The summed E-state index contributed by atoms with van der Waals surface area (Å²) in [6.45, 7) is 2.79. The minimum atomic E-state index is -0.413. The highest BCUT2D eigenvalue weighted by Crippen LogP contribution is 2.19. The van der Waals surface area contributed by atoms with Gasteiger partial charge >= 0.3 is 0 Å². The molecule has 3 nitrogen and oxygen atoms in total. The number of hydrogen-bond acceptors (Lipinski definition) is 3. The first-order valence-corrected chi connectivity index (χ1v) is 7.24. The molecule has 0 aromatic heterocycles. The van der Waals surface area contributed by atoms with Gasteiger partial charge < -0.3 is 4.90 Å². The Labute approximate surface area is 120 Å². The Balaban J connectivity index is 1.88. The van der Waals surface area contributed by atoms with E-state index in [0.29, 0.717) is 12.5 Å². The van der Waals surface area contributed by atoms with Gasteiger partial charge in [0.1, 0.15) is 5.82 Å². The van der Waals surface area contributed by atoms with Crippen LogP contribution in [0.4, 0.5) is 4.39 Å². The molecule has 1 aliphatic rings. The van der Waals surface area contributed by atoms with Crippen molar-refractivity contribution in [3.63, 3.8) is 0 Å². The molecule has 1 heterocycles. The highest BCUT2D eigenvalue weighted by Gasteiger charge is 2.25. The van der Waals surface area contributed by atoms with Gasteiger partial charge in [0.2, 0.25) is 0 Å². The summed E-state index contributed by atoms with van der Waals surface area (Å²) in [6, 6.07) is 6.76. The van der Waals surface area contributed by atoms with Crippen molar-refractivity contribution >= 4 is 5.78 Å². The Hall–Kier alpha value is -1.26. The number of hydrogen-bond donors (Lipinski definition) is 0. The number of benzene rings is 1. The number of carbonyl (C=O) groups excluding carboxylic acids is 1. The van der Waals surface area contributed by atoms with Crippen LogP contribution in [0.25, 0.3) is 0 Å². The van der Waals surface area contributed by atoms with Crippen LogP contribution < -0.4 is 0 Å². The van der Waals surface area contributed by atoms with E-state index >= 15 is 0 Å². The first-order valence-electron chi connectivity index (χ1n) is 7.24. The van der Waals surface area contributed by atoms with Crippen molar-refractivity contribution in [2.75, 3.05) is 33.7 Å². The molecule has 1 atom stereocenters. The zero-order valence-corrected chi connectivity index (χ0v) is 12.3. The van der Waals surface area contributed by atoms with E-state index in [0.717, 1.165) is 19.6 Å². The van der Waals surface area contributed by atoms with Crippen LogP contribution in [0.1, 0.15) is 29.6 Å². The zero-order valence-electron chi connectivity index (χ0n) is 12.3. The number of likely N-dealkylation sites (tertiary alicyclic amines) is 1. The molecule has 0 N–H and O–H groups in total. The van der Waals surface area contributed by atoms with E-state index in [1.54, 1.807) is 18.2 Å². The van der Waals surface area contributed by atoms with Crippen molar-refractivity contribution in [3.8, 4) is 0 Å². The number of rotatable bonds is 6. The van der Waals surface area contributed by atoms with Gasteiger partial charge in [0.25, 0.3) is 0 Å². The molecule has 0 spiro atoms. The van der Waals surface area contributed by atoms with E-state index in [-0.39, 0.29) is 11.3 Å². The summed E-state index contributed by atoms with van der Waals surface area (Å²) in [7, 11) is 4.14. The zero-order chi connectivity index (χ0) is 14.5. The molecular weight excluding hydrogens is 255 g/mol. The molecule has 20 heavy (non-hydrogen) atoms. The van der Waals surface area contributed by atoms with Gasteiger partial charge in [0.05, 0.1) is 5.56 Å². The molecule has 110 valence electrons. The van der Waals surface area contributed by atoms with Crippen LogP contribution >= 0.6 is 0 Å². The number of nitrogens with zero attached hydrogens (tertiary/aromatic N) is 2. The van der Waals surface area contributed by atoms with Gasteiger partial charge in [-0.25, -0.2) is 4.39 Å². The van der Waals surface area contributed by atoms with Crippen molar-refractivity contribution in [3.05, 3.63) is 35.6 Å². The van der Waals surface area contributed by atoms with Gasteiger partial charge in [0, 0.05) is 25.6 Å². The van der Waals surface area contributed by atoms with Gasteiger partial charge in [-0.3, -0.25) is 9.69 Å². The normalized spacial score (nSPS) is 19.7. The van der Waals surface area contributed by atoms with Gasteiger partial charge in [-0.05, 0) is 45.6 Å². The van der Waals surface area contributed by atoms with Crippen LogP contribution in [0.5, 0.6) is 0 Å². The summed E-state index contributed by atoms with van der Waals surface area (Å²) < 4.78 is 13.5. The lowest BCUT2D eigenvalue weighted by molar-refractivity contribution is 0.0953. The molecule has 1 aliphatic heterocycles. The van der Waals surface area contributed by atoms with E-state index < -0.39 is 5.82 Å². The first-order chi connectivity index (χ1) is 9.58. The van der Waals surface area contributed by atoms with E-state index in [1.165, 1.54) is 18.9 Å². The van der Waals surface area contributed by atoms with Crippen molar-refractivity contribution in [2.24, 2.45) is 0 Å². The van der Waals surface area contributed by atoms with Crippen molar-refractivity contribution in [1.29, 1.82) is 0 Å². The number of Topliss-reactive ketones (excluding diaryl/α,β-unsaturated/α-hetero) is 1. The molecule has 1 saturated heterocycles. The minimum absolute atomic E-state index is 0.0985. The Kier molecular flexibility index (Phi) is 5.26. The Morgan fingerprint density at radius 3 is 2.85 bits per heavy atom. The molecule has 0 radical (unpaired) electrons. The van der Waals surface area contributed by atoms with Gasteiger partial charge in [-0.1, -0.05) is 12.1 Å². The van der Waals surface area contributed by atoms with Crippen LogP contribution in [0.2, 0.25) is 0 Å². The van der Waals surface area contributed by atoms with Crippen LogP contribution in [0, 0.1) is 5.82 Å². The maximum Gasteiger partial charge on any atom is 0.167 e. The molecule has 1 aromatic carbocycles. The summed E-state index contributed by atoms with van der Waals surface area (Å²) in [4.78, 5) is 16.6. The summed E-state index contributed by atoms with van der Waals surface area (Å²) in [5, 5.41) is 0. The van der Waals surface area contributed by atoms with Crippen molar-refractivity contribution in [2.45, 2.75) is 25.3 Å². The number of halogens is 1. The maximum atomic E-state index is 13.5. The minimum Gasteiger partial charge on any atom is -0.308 e. The lowest BCUT2D eigenvalue weighted by Gasteiger charge is -2.26. The number of likely N-dealkylation sites (N-methyl/N-ethyl adjacent to an activating group) is 1. The molecule has 1 aromatic rings. The van der Waals surface area contributed by atoms with Gasteiger partial charge in [-0.2, -0.15) is 0 Å². The largest absolute Gasteiger partial charge is 0.308 e. The Morgan fingerprint density at radius 2 is 2.15 bits per heavy atom. The van der Waals surface area contributed by atoms with Crippen LogP contribution in [0.3, 0.4) is 0 Å². The first kappa shape index (κ1) is 15.1. The third kappa shape index (κ3) is 3.87. The molecule has 0 amide bonds. The van der Waals surface area contributed by atoms with E-state index in [2.05, 4.69) is 23.9 Å². The summed E-state index contributed by atoms with van der Waals surface area (Å²) in [5.74, 6) is -0.512. The highest BCUT2D eigenvalue weighted by atomic mass is 19.1. The highest BCUT2D eigenvalue weighted by molar-refractivity contribution is 5.96. The number of carbonyl (C=O) groups is 1. The second-order valence-corrected chi connectivity index (χ2v) is 5.75. The van der Waals surface area contributed by atoms with E-state index in [1.807, 2.05) is 0 Å². The van der Waals surface area contributed by atoms with E-state index in [9.17, 15) is 9.18 Å². The SMILES string of the molecule is CN(C)CC1CCCN1CCC(=O)c1ccccc1F. The quantitative estimate of drug-likeness (QED) is 0.747. The average molecular weight is 278 g/mol. The second kappa shape index (κ2) is 6.95. The fourth-order valence-corrected chi connectivity index (χ4v) is 2.88. The lowest BCUT2D eigenvalue weighted by atomic mass is 10.1. The maximum absolute atomic E-state index is 13.5. The molecule has 0 aliphatic carbocycles. The topological polar surface area (TPSA) is 23.6 Å². The predicted octanol–water partition coefficient (Wildman–Crippen LogP) is 2.42. The smallest absolute Gasteiger partial charge is 0.167 e. The summed E-state index contributed by atoms with van der Waals surface area (Å²) >= 11 is 0. The molecule has 0 saturated carbocycles. The fourth-order valence-electron chi connectivity index (χ4n) is 2.88. The molecule has 1 fully saturated rings. The second-order valence-electron chi connectivity index (χ2n) is 5.75. The number of ketones is 1. The summed E-state index contributed by atoms with van der Waals surface area (Å²) in [5.41, 5.74) is 0.218. The Morgan fingerprint density at radius 1 is 1.40 bits per heavy atom. The third-order valence-corrected chi connectivity index (χ3v) is 3.88. The predicted molar refractivity (Wildman–Crippen MR) is 78.5 cm³/mol. The monoisotopic (exact) mass is 278 g/mol. The van der Waals surface area contributed by atoms with Crippen LogP contribution in [-0.4, -0.2) is 55.4 Å². The fraction of sp³-hybridized carbons (Fsp3) is 0.562.